The zero-order chi connectivity index (χ0) is 24.7. The lowest BCUT2D eigenvalue weighted by Gasteiger charge is -2.20. The molecular formula is C25H28F3NO5. The van der Waals surface area contributed by atoms with Gasteiger partial charge in [0, 0.05) is 12.0 Å². The van der Waals surface area contributed by atoms with Gasteiger partial charge in [-0.1, -0.05) is 31.0 Å². The van der Waals surface area contributed by atoms with Crippen molar-refractivity contribution in [3.63, 3.8) is 0 Å². The molecule has 0 aliphatic heterocycles. The first-order valence-corrected chi connectivity index (χ1v) is 11.1. The number of aliphatic carboxylic acids is 1. The molecule has 0 radical (unpaired) electrons. The molecule has 2 aromatic rings. The predicted octanol–water partition coefficient (Wildman–Crippen LogP) is 5.78. The average Bonchev–Trinajstić information content (AvgIpc) is 3.31. The number of carboxylic acids is 1. The van der Waals surface area contributed by atoms with Crippen molar-refractivity contribution in [2.24, 2.45) is 5.73 Å². The molecule has 1 saturated carbocycles. The fourth-order valence-corrected chi connectivity index (χ4v) is 4.34. The molecule has 2 aromatic carbocycles. The van der Waals surface area contributed by atoms with Crippen LogP contribution in [0.1, 0.15) is 60.6 Å². The first-order valence-electron chi connectivity index (χ1n) is 11.1. The topological polar surface area (TPSA) is 102 Å². The van der Waals surface area contributed by atoms with Gasteiger partial charge in [0.15, 0.2) is 0 Å². The fraction of sp³-hybridized carbons (Fsp3) is 0.400. The Kier molecular flexibility index (Phi) is 8.44. The molecule has 3 rings (SSSR count). The van der Waals surface area contributed by atoms with Gasteiger partial charge in [0.25, 0.3) is 0 Å². The minimum Gasteiger partial charge on any atom is -0.516 e. The van der Waals surface area contributed by atoms with Gasteiger partial charge in [-0.25, -0.2) is 0 Å². The molecule has 34 heavy (non-hydrogen) atoms. The Morgan fingerprint density at radius 2 is 1.82 bits per heavy atom. The molecule has 0 bridgehead atoms. The molecule has 2 atom stereocenters. The molecule has 0 saturated heterocycles. The van der Waals surface area contributed by atoms with Crippen LogP contribution in [0.4, 0.5) is 13.2 Å². The van der Waals surface area contributed by atoms with E-state index in [1.54, 1.807) is 36.4 Å². The molecule has 0 heterocycles. The number of hydrogen-bond acceptors (Lipinski definition) is 5. The van der Waals surface area contributed by atoms with Crippen LogP contribution in [0, 0.1) is 0 Å². The SMILES string of the molecule is NC(/C=C\O)[C@@H](CC(=O)O)c1ccc(OCc2ccc(OC(F)(F)F)c(C3CCCC3)c2)cc1. The Bertz CT molecular complexity index is 985. The summed E-state index contributed by atoms with van der Waals surface area (Å²) in [5, 5.41) is 18.1. The van der Waals surface area contributed by atoms with E-state index in [0.29, 0.717) is 16.9 Å². The molecule has 4 N–H and O–H groups in total. The van der Waals surface area contributed by atoms with Crippen LogP contribution >= 0.6 is 0 Å². The van der Waals surface area contributed by atoms with Gasteiger partial charge in [0.1, 0.15) is 18.1 Å². The maximum atomic E-state index is 12.8. The summed E-state index contributed by atoms with van der Waals surface area (Å²) >= 11 is 0. The zero-order valence-electron chi connectivity index (χ0n) is 18.5. The normalized spacial score (nSPS) is 16.5. The molecular weight excluding hydrogens is 451 g/mol. The Morgan fingerprint density at radius 3 is 2.41 bits per heavy atom. The van der Waals surface area contributed by atoms with Gasteiger partial charge in [-0.05, 0) is 65.8 Å². The van der Waals surface area contributed by atoms with Gasteiger partial charge in [-0.3, -0.25) is 4.79 Å². The number of carboxylic acid groups (broad SMARTS) is 1. The van der Waals surface area contributed by atoms with Crippen molar-refractivity contribution in [3.8, 4) is 11.5 Å². The monoisotopic (exact) mass is 479 g/mol. The van der Waals surface area contributed by atoms with Crippen LogP contribution in [-0.4, -0.2) is 28.6 Å². The summed E-state index contributed by atoms with van der Waals surface area (Å²) in [6, 6.07) is 10.7. The van der Waals surface area contributed by atoms with Crippen LogP contribution in [0.15, 0.2) is 54.8 Å². The van der Waals surface area contributed by atoms with E-state index in [9.17, 15) is 23.1 Å². The lowest BCUT2D eigenvalue weighted by Crippen LogP contribution is -2.28. The number of aliphatic hydroxyl groups is 1. The summed E-state index contributed by atoms with van der Waals surface area (Å²) in [6.07, 6.45) is 0.765. The number of hydrogen-bond donors (Lipinski definition) is 3. The first-order chi connectivity index (χ1) is 16.2. The Balaban J connectivity index is 1.72. The summed E-state index contributed by atoms with van der Waals surface area (Å²) < 4.78 is 48.5. The van der Waals surface area contributed by atoms with E-state index in [0.717, 1.165) is 37.5 Å². The number of nitrogens with two attached hydrogens (primary N) is 1. The highest BCUT2D eigenvalue weighted by Crippen LogP contribution is 2.41. The summed E-state index contributed by atoms with van der Waals surface area (Å²) in [5.41, 5.74) is 7.93. The lowest BCUT2D eigenvalue weighted by molar-refractivity contribution is -0.275. The summed E-state index contributed by atoms with van der Waals surface area (Å²) in [5.74, 6) is -1.17. The van der Waals surface area contributed by atoms with E-state index in [2.05, 4.69) is 4.74 Å². The van der Waals surface area contributed by atoms with E-state index in [4.69, 9.17) is 15.6 Å². The third kappa shape index (κ3) is 7.15. The molecule has 1 unspecified atom stereocenters. The van der Waals surface area contributed by atoms with Crippen molar-refractivity contribution in [1.82, 2.24) is 0 Å². The van der Waals surface area contributed by atoms with Gasteiger partial charge in [0.2, 0.25) is 0 Å². The second kappa shape index (κ2) is 11.3. The summed E-state index contributed by atoms with van der Waals surface area (Å²) in [6.45, 7) is 0.149. The second-order valence-electron chi connectivity index (χ2n) is 8.38. The van der Waals surface area contributed by atoms with Crippen LogP contribution in [-0.2, 0) is 11.4 Å². The highest BCUT2D eigenvalue weighted by molar-refractivity contribution is 5.68. The quantitative estimate of drug-likeness (QED) is 0.374. The summed E-state index contributed by atoms with van der Waals surface area (Å²) in [4.78, 5) is 11.2. The number of halogens is 3. The highest BCUT2D eigenvalue weighted by Gasteiger charge is 2.33. The minimum atomic E-state index is -4.75. The van der Waals surface area contributed by atoms with E-state index in [-0.39, 0.29) is 24.7 Å². The fourth-order valence-electron chi connectivity index (χ4n) is 4.34. The Labute approximate surface area is 195 Å². The van der Waals surface area contributed by atoms with E-state index in [1.807, 2.05) is 0 Å². The Hall–Kier alpha value is -3.20. The molecule has 184 valence electrons. The molecule has 0 aromatic heterocycles. The summed E-state index contributed by atoms with van der Waals surface area (Å²) in [7, 11) is 0. The van der Waals surface area contributed by atoms with Crippen LogP contribution in [0.5, 0.6) is 11.5 Å². The van der Waals surface area contributed by atoms with Gasteiger partial charge < -0.3 is 25.4 Å². The van der Waals surface area contributed by atoms with Crippen LogP contribution in [0.3, 0.4) is 0 Å². The number of aliphatic hydroxyl groups excluding tert-OH is 1. The van der Waals surface area contributed by atoms with Crippen molar-refractivity contribution < 1.29 is 37.7 Å². The van der Waals surface area contributed by atoms with Gasteiger partial charge in [0.05, 0.1) is 12.7 Å². The van der Waals surface area contributed by atoms with Crippen LogP contribution < -0.4 is 15.2 Å². The van der Waals surface area contributed by atoms with E-state index >= 15 is 0 Å². The molecule has 6 nitrogen and oxygen atoms in total. The maximum absolute atomic E-state index is 12.8. The van der Waals surface area contributed by atoms with Gasteiger partial charge >= 0.3 is 12.3 Å². The lowest BCUT2D eigenvalue weighted by atomic mass is 9.89. The molecule has 1 aliphatic rings. The zero-order valence-corrected chi connectivity index (χ0v) is 18.5. The van der Waals surface area contributed by atoms with Crippen molar-refractivity contribution in [3.05, 3.63) is 71.5 Å². The number of carbonyl (C=O) groups is 1. The third-order valence-electron chi connectivity index (χ3n) is 5.98. The molecule has 1 fully saturated rings. The highest BCUT2D eigenvalue weighted by atomic mass is 19.4. The van der Waals surface area contributed by atoms with Gasteiger partial charge in [-0.15, -0.1) is 13.2 Å². The smallest absolute Gasteiger partial charge is 0.516 e. The largest absolute Gasteiger partial charge is 0.573 e. The first kappa shape index (κ1) is 25.4. The molecule has 0 spiro atoms. The number of alkyl halides is 3. The van der Waals surface area contributed by atoms with Crippen molar-refractivity contribution in [2.75, 3.05) is 0 Å². The molecule has 9 heteroatoms. The Morgan fingerprint density at radius 1 is 1.15 bits per heavy atom. The number of benzene rings is 2. The second-order valence-corrected chi connectivity index (χ2v) is 8.38. The third-order valence-corrected chi connectivity index (χ3v) is 5.98. The van der Waals surface area contributed by atoms with Crippen molar-refractivity contribution in [2.45, 2.75) is 63.0 Å². The molecule has 0 amide bonds. The van der Waals surface area contributed by atoms with Crippen LogP contribution in [0.25, 0.3) is 0 Å². The standard InChI is InChI=1S/C25H28F3NO5/c26-25(27,28)34-23-10-5-16(13-21(23)17-3-1-2-4-17)15-33-19-8-6-18(7-9-19)20(14-24(31)32)22(29)11-12-30/h5-13,17,20,22,30H,1-4,14-15,29H2,(H,31,32)/b12-11-/t20-,22?/m0/s1. The maximum Gasteiger partial charge on any atom is 0.573 e. The predicted molar refractivity (Wildman–Crippen MR) is 120 cm³/mol. The minimum absolute atomic E-state index is 0.0277. The average molecular weight is 479 g/mol. The van der Waals surface area contributed by atoms with E-state index in [1.165, 1.54) is 12.1 Å². The van der Waals surface area contributed by atoms with E-state index < -0.39 is 24.3 Å². The number of rotatable bonds is 10. The van der Waals surface area contributed by atoms with Crippen LogP contribution in [0.2, 0.25) is 0 Å². The van der Waals surface area contributed by atoms with Crippen molar-refractivity contribution >= 4 is 5.97 Å². The molecule has 1 aliphatic carbocycles. The number of ether oxygens (including phenoxy) is 2. The van der Waals surface area contributed by atoms with Gasteiger partial charge in [-0.2, -0.15) is 0 Å². The van der Waals surface area contributed by atoms with Crippen molar-refractivity contribution in [1.29, 1.82) is 0 Å².